The predicted molar refractivity (Wildman–Crippen MR) is 111 cm³/mol. The molecule has 0 amide bonds. The number of aromatic nitrogens is 2. The molecule has 1 spiro atoms. The van der Waals surface area contributed by atoms with Gasteiger partial charge in [-0.3, -0.25) is 4.90 Å². The lowest BCUT2D eigenvalue weighted by Gasteiger charge is -2.50. The lowest BCUT2D eigenvalue weighted by Crippen LogP contribution is -2.56. The first kappa shape index (κ1) is 19.2. The van der Waals surface area contributed by atoms with E-state index in [4.69, 9.17) is 9.72 Å². The maximum Gasteiger partial charge on any atom is 0.129 e. The van der Waals surface area contributed by atoms with Crippen molar-refractivity contribution in [3.05, 3.63) is 42.1 Å². The van der Waals surface area contributed by atoms with Gasteiger partial charge in [0.1, 0.15) is 11.6 Å². The van der Waals surface area contributed by atoms with Crippen LogP contribution in [-0.2, 0) is 16.8 Å². The van der Waals surface area contributed by atoms with Crippen LogP contribution in [0, 0.1) is 11.7 Å². The molecule has 5 nitrogen and oxygen atoms in total. The van der Waals surface area contributed by atoms with E-state index < -0.39 is 0 Å². The fourth-order valence-corrected chi connectivity index (χ4v) is 5.49. The molecule has 2 saturated heterocycles. The fourth-order valence-electron chi connectivity index (χ4n) is 5.49. The van der Waals surface area contributed by atoms with E-state index in [0.717, 1.165) is 75.2 Å². The molecular weight excluding hydrogens is 367 g/mol. The zero-order valence-electron chi connectivity index (χ0n) is 17.3. The molecule has 3 aliphatic heterocycles. The second kappa shape index (κ2) is 7.82. The highest BCUT2D eigenvalue weighted by Crippen LogP contribution is 2.41. The number of ether oxygens (including phenoxy) is 1. The summed E-state index contributed by atoms with van der Waals surface area (Å²) in [5, 5.41) is 0. The van der Waals surface area contributed by atoms with E-state index in [1.54, 1.807) is 12.1 Å². The number of piperidine rings is 1. The third-order valence-electron chi connectivity index (χ3n) is 7.32. The smallest absolute Gasteiger partial charge is 0.129 e. The topological polar surface area (TPSA) is 33.5 Å². The van der Waals surface area contributed by atoms with Crippen LogP contribution in [0.5, 0.6) is 0 Å². The molecule has 0 aliphatic carbocycles. The molecule has 156 valence electrons. The van der Waals surface area contributed by atoms with Gasteiger partial charge in [-0.05, 0) is 50.8 Å². The van der Waals surface area contributed by atoms with Gasteiger partial charge in [-0.15, -0.1) is 0 Å². The lowest BCUT2D eigenvalue weighted by molar-refractivity contribution is -0.00391. The molecule has 0 atom stereocenters. The summed E-state index contributed by atoms with van der Waals surface area (Å²) >= 11 is 0. The SMILES string of the molecule is CN1CCn2c(-c3cccc(F)c3)cnc2C12CCN(CC1CCOCC1)CC2. The van der Waals surface area contributed by atoms with Crippen molar-refractivity contribution in [2.75, 3.05) is 46.4 Å². The minimum atomic E-state index is -0.192. The third kappa shape index (κ3) is 3.51. The summed E-state index contributed by atoms with van der Waals surface area (Å²) in [6, 6.07) is 6.88. The molecule has 2 aromatic rings. The van der Waals surface area contributed by atoms with Gasteiger partial charge in [-0.1, -0.05) is 12.1 Å². The summed E-state index contributed by atoms with van der Waals surface area (Å²) in [4.78, 5) is 10.0. The number of imidazole rings is 1. The van der Waals surface area contributed by atoms with Crippen molar-refractivity contribution in [1.29, 1.82) is 0 Å². The second-order valence-corrected chi connectivity index (χ2v) is 8.94. The average molecular weight is 399 g/mol. The number of hydrogen-bond donors (Lipinski definition) is 0. The molecular formula is C23H31FN4O. The van der Waals surface area contributed by atoms with Gasteiger partial charge in [0.25, 0.3) is 0 Å². The van der Waals surface area contributed by atoms with Gasteiger partial charge in [0, 0.05) is 51.5 Å². The number of benzene rings is 1. The van der Waals surface area contributed by atoms with Crippen molar-refractivity contribution in [3.8, 4) is 11.3 Å². The Balaban J connectivity index is 1.36. The van der Waals surface area contributed by atoms with Crippen LogP contribution >= 0.6 is 0 Å². The van der Waals surface area contributed by atoms with Crippen LogP contribution in [0.1, 0.15) is 31.5 Å². The predicted octanol–water partition coefficient (Wildman–Crippen LogP) is 3.35. The quantitative estimate of drug-likeness (QED) is 0.794. The van der Waals surface area contributed by atoms with E-state index in [1.165, 1.54) is 25.5 Å². The van der Waals surface area contributed by atoms with E-state index in [9.17, 15) is 4.39 Å². The van der Waals surface area contributed by atoms with Crippen molar-refractivity contribution >= 4 is 0 Å². The summed E-state index contributed by atoms with van der Waals surface area (Å²) in [5.74, 6) is 1.75. The average Bonchev–Trinajstić information content (AvgIpc) is 3.18. The molecule has 1 aromatic heterocycles. The van der Waals surface area contributed by atoms with Crippen molar-refractivity contribution in [2.24, 2.45) is 5.92 Å². The zero-order chi connectivity index (χ0) is 19.8. The maximum atomic E-state index is 13.8. The van der Waals surface area contributed by atoms with Gasteiger partial charge in [0.05, 0.1) is 17.4 Å². The largest absolute Gasteiger partial charge is 0.381 e. The van der Waals surface area contributed by atoms with Crippen LogP contribution in [0.3, 0.4) is 0 Å². The van der Waals surface area contributed by atoms with Crippen molar-refractivity contribution in [3.63, 3.8) is 0 Å². The van der Waals surface area contributed by atoms with Crippen LogP contribution in [0.15, 0.2) is 30.5 Å². The summed E-state index contributed by atoms with van der Waals surface area (Å²) < 4.78 is 21.6. The first-order chi connectivity index (χ1) is 14.2. The van der Waals surface area contributed by atoms with Crippen LogP contribution in [0.2, 0.25) is 0 Å². The lowest BCUT2D eigenvalue weighted by atomic mass is 9.83. The molecule has 5 rings (SSSR count). The first-order valence-corrected chi connectivity index (χ1v) is 11.0. The molecule has 0 saturated carbocycles. The first-order valence-electron chi connectivity index (χ1n) is 11.0. The number of hydrogen-bond acceptors (Lipinski definition) is 4. The second-order valence-electron chi connectivity index (χ2n) is 8.94. The molecule has 0 radical (unpaired) electrons. The van der Waals surface area contributed by atoms with Crippen molar-refractivity contribution in [1.82, 2.24) is 19.4 Å². The van der Waals surface area contributed by atoms with Gasteiger partial charge in [0.2, 0.25) is 0 Å². The Morgan fingerprint density at radius 1 is 1.14 bits per heavy atom. The Hall–Kier alpha value is -1.76. The van der Waals surface area contributed by atoms with Crippen LogP contribution in [0.25, 0.3) is 11.3 Å². The van der Waals surface area contributed by atoms with Gasteiger partial charge in [-0.25, -0.2) is 9.37 Å². The normalized spacial score (nSPS) is 23.4. The maximum absolute atomic E-state index is 13.8. The molecule has 0 bridgehead atoms. The van der Waals surface area contributed by atoms with E-state index in [1.807, 2.05) is 12.3 Å². The van der Waals surface area contributed by atoms with Gasteiger partial charge in [-0.2, -0.15) is 0 Å². The number of likely N-dealkylation sites (tertiary alicyclic amines) is 1. The van der Waals surface area contributed by atoms with E-state index >= 15 is 0 Å². The van der Waals surface area contributed by atoms with Gasteiger partial charge < -0.3 is 14.2 Å². The number of fused-ring (bicyclic) bond motifs is 2. The van der Waals surface area contributed by atoms with Crippen LogP contribution < -0.4 is 0 Å². The number of likely N-dealkylation sites (N-methyl/N-ethyl adjacent to an activating group) is 1. The monoisotopic (exact) mass is 398 g/mol. The fraction of sp³-hybridized carbons (Fsp3) is 0.609. The highest BCUT2D eigenvalue weighted by molar-refractivity contribution is 5.60. The molecule has 0 N–H and O–H groups in total. The standard InChI is InChI=1S/C23H31FN4O/c1-26-11-12-28-21(19-3-2-4-20(24)15-19)16-25-22(28)23(26)7-9-27(10-8-23)17-18-5-13-29-14-6-18/h2-4,15-16,18H,5-14,17H2,1H3. The minimum Gasteiger partial charge on any atom is -0.381 e. The summed E-state index contributed by atoms with van der Waals surface area (Å²) in [6.45, 7) is 7.19. The number of rotatable bonds is 3. The summed E-state index contributed by atoms with van der Waals surface area (Å²) in [5.41, 5.74) is 1.95. The van der Waals surface area contributed by atoms with E-state index in [0.29, 0.717) is 0 Å². The molecule has 3 aliphatic rings. The molecule has 6 heteroatoms. The third-order valence-corrected chi connectivity index (χ3v) is 7.32. The van der Waals surface area contributed by atoms with E-state index in [2.05, 4.69) is 21.4 Å². The molecule has 2 fully saturated rings. The van der Waals surface area contributed by atoms with Gasteiger partial charge in [0.15, 0.2) is 0 Å². The van der Waals surface area contributed by atoms with Crippen molar-refractivity contribution < 1.29 is 9.13 Å². The Morgan fingerprint density at radius 3 is 2.69 bits per heavy atom. The highest BCUT2D eigenvalue weighted by atomic mass is 19.1. The molecule has 1 aromatic carbocycles. The summed E-state index contributed by atoms with van der Waals surface area (Å²) in [7, 11) is 2.24. The molecule has 4 heterocycles. The zero-order valence-corrected chi connectivity index (χ0v) is 17.3. The Kier molecular flexibility index (Phi) is 5.18. The van der Waals surface area contributed by atoms with Crippen LogP contribution in [0.4, 0.5) is 4.39 Å². The number of halogens is 1. The summed E-state index contributed by atoms with van der Waals surface area (Å²) in [6.07, 6.45) is 6.55. The van der Waals surface area contributed by atoms with Crippen LogP contribution in [-0.4, -0.2) is 65.8 Å². The Bertz CT molecular complexity index is 852. The van der Waals surface area contributed by atoms with Crippen molar-refractivity contribution in [2.45, 2.75) is 37.8 Å². The van der Waals surface area contributed by atoms with Gasteiger partial charge >= 0.3 is 0 Å². The Labute approximate surface area is 172 Å². The Morgan fingerprint density at radius 2 is 1.93 bits per heavy atom. The van der Waals surface area contributed by atoms with E-state index in [-0.39, 0.29) is 11.4 Å². The molecule has 0 unspecified atom stereocenters. The minimum absolute atomic E-state index is 0.00397. The molecule has 29 heavy (non-hydrogen) atoms. The highest BCUT2D eigenvalue weighted by Gasteiger charge is 2.45. The number of nitrogens with zero attached hydrogens (tertiary/aromatic N) is 4.